The first-order valence-electron chi connectivity index (χ1n) is 4.32. The van der Waals surface area contributed by atoms with Gasteiger partial charge in [0.2, 0.25) is 5.89 Å². The number of rotatable bonds is 3. The maximum absolute atomic E-state index is 5.03. The lowest BCUT2D eigenvalue weighted by atomic mass is 10.3. The zero-order valence-electron chi connectivity index (χ0n) is 7.37. The van der Waals surface area contributed by atoms with Crippen molar-refractivity contribution in [2.24, 2.45) is 0 Å². The molecular weight excluding hydrogens is 154 g/mol. The molecule has 1 aliphatic carbocycles. The standard InChI is InChI=1S/C8H13N3O/c1-5(9-7-3-4-7)8-10-6(2)11-12-8/h5,7,9H,3-4H2,1-2H3. The molecule has 66 valence electrons. The fourth-order valence-corrected chi connectivity index (χ4v) is 1.16. The molecule has 1 unspecified atom stereocenters. The highest BCUT2D eigenvalue weighted by molar-refractivity contribution is 4.93. The van der Waals surface area contributed by atoms with E-state index in [1.54, 1.807) is 0 Å². The molecular formula is C8H13N3O. The van der Waals surface area contributed by atoms with E-state index in [2.05, 4.69) is 15.5 Å². The molecule has 1 aromatic rings. The van der Waals surface area contributed by atoms with E-state index in [1.165, 1.54) is 12.8 Å². The molecule has 1 N–H and O–H groups in total. The molecule has 1 aromatic heterocycles. The van der Waals surface area contributed by atoms with Gasteiger partial charge in [0.05, 0.1) is 6.04 Å². The molecule has 0 aliphatic heterocycles. The highest BCUT2D eigenvalue weighted by atomic mass is 16.5. The smallest absolute Gasteiger partial charge is 0.243 e. The number of aromatic nitrogens is 2. The second-order valence-corrected chi connectivity index (χ2v) is 3.34. The van der Waals surface area contributed by atoms with Gasteiger partial charge >= 0.3 is 0 Å². The molecule has 1 heterocycles. The average Bonchev–Trinajstić information content (AvgIpc) is 2.72. The SMILES string of the molecule is Cc1noc(C(C)NC2CC2)n1. The highest BCUT2D eigenvalue weighted by Crippen LogP contribution is 2.23. The van der Waals surface area contributed by atoms with E-state index in [-0.39, 0.29) is 6.04 Å². The van der Waals surface area contributed by atoms with Crippen LogP contribution < -0.4 is 5.32 Å². The number of nitrogens with one attached hydrogen (secondary N) is 1. The Morgan fingerprint density at radius 1 is 1.58 bits per heavy atom. The number of aryl methyl sites for hydroxylation is 1. The van der Waals surface area contributed by atoms with Crippen molar-refractivity contribution in [3.63, 3.8) is 0 Å². The van der Waals surface area contributed by atoms with Crippen molar-refractivity contribution >= 4 is 0 Å². The summed E-state index contributed by atoms with van der Waals surface area (Å²) in [6.45, 7) is 3.88. The van der Waals surface area contributed by atoms with Gasteiger partial charge in [-0.25, -0.2) is 0 Å². The predicted molar refractivity (Wildman–Crippen MR) is 43.6 cm³/mol. The van der Waals surface area contributed by atoms with E-state index in [0.717, 1.165) is 0 Å². The number of nitrogens with zero attached hydrogens (tertiary/aromatic N) is 2. The maximum atomic E-state index is 5.03. The first-order chi connectivity index (χ1) is 5.75. The van der Waals surface area contributed by atoms with Gasteiger partial charge in [-0.3, -0.25) is 0 Å². The lowest BCUT2D eigenvalue weighted by Gasteiger charge is -2.06. The third-order valence-corrected chi connectivity index (χ3v) is 1.98. The van der Waals surface area contributed by atoms with Gasteiger partial charge in [-0.1, -0.05) is 5.16 Å². The Bertz CT molecular complexity index is 267. The van der Waals surface area contributed by atoms with Crippen molar-refractivity contribution in [2.75, 3.05) is 0 Å². The van der Waals surface area contributed by atoms with Gasteiger partial charge < -0.3 is 9.84 Å². The molecule has 1 saturated carbocycles. The predicted octanol–water partition coefficient (Wildman–Crippen LogP) is 1.19. The van der Waals surface area contributed by atoms with Crippen LogP contribution in [0.3, 0.4) is 0 Å². The van der Waals surface area contributed by atoms with Gasteiger partial charge in [-0.15, -0.1) is 0 Å². The Kier molecular flexibility index (Phi) is 1.84. The van der Waals surface area contributed by atoms with Gasteiger partial charge in [0.15, 0.2) is 5.82 Å². The van der Waals surface area contributed by atoms with Crippen LogP contribution in [0.25, 0.3) is 0 Å². The zero-order valence-corrected chi connectivity index (χ0v) is 7.37. The summed E-state index contributed by atoms with van der Waals surface area (Å²) in [6.07, 6.45) is 2.55. The van der Waals surface area contributed by atoms with Crippen LogP contribution in [-0.2, 0) is 0 Å². The minimum atomic E-state index is 0.193. The minimum absolute atomic E-state index is 0.193. The van der Waals surface area contributed by atoms with E-state index in [9.17, 15) is 0 Å². The highest BCUT2D eigenvalue weighted by Gasteiger charge is 2.25. The van der Waals surface area contributed by atoms with Crippen LogP contribution in [0, 0.1) is 6.92 Å². The van der Waals surface area contributed by atoms with Crippen LogP contribution in [0.2, 0.25) is 0 Å². The Hall–Kier alpha value is -0.900. The third-order valence-electron chi connectivity index (χ3n) is 1.98. The van der Waals surface area contributed by atoms with Crippen molar-refractivity contribution in [3.05, 3.63) is 11.7 Å². The molecule has 0 saturated heterocycles. The van der Waals surface area contributed by atoms with Crippen LogP contribution in [0.4, 0.5) is 0 Å². The van der Waals surface area contributed by atoms with Crippen LogP contribution >= 0.6 is 0 Å². The number of hydrogen-bond acceptors (Lipinski definition) is 4. The van der Waals surface area contributed by atoms with E-state index < -0.39 is 0 Å². The molecule has 1 atom stereocenters. The Morgan fingerprint density at radius 2 is 2.33 bits per heavy atom. The largest absolute Gasteiger partial charge is 0.338 e. The van der Waals surface area contributed by atoms with Gasteiger partial charge in [-0.05, 0) is 26.7 Å². The molecule has 4 heteroatoms. The minimum Gasteiger partial charge on any atom is -0.338 e. The zero-order chi connectivity index (χ0) is 8.55. The van der Waals surface area contributed by atoms with Crippen molar-refractivity contribution in [1.82, 2.24) is 15.5 Å². The number of hydrogen-bond donors (Lipinski definition) is 1. The lowest BCUT2D eigenvalue weighted by Crippen LogP contribution is -2.20. The summed E-state index contributed by atoms with van der Waals surface area (Å²) >= 11 is 0. The van der Waals surface area contributed by atoms with Crippen LogP contribution in [0.1, 0.15) is 37.5 Å². The average molecular weight is 167 g/mol. The van der Waals surface area contributed by atoms with E-state index in [1.807, 2.05) is 13.8 Å². The van der Waals surface area contributed by atoms with Crippen molar-refractivity contribution in [2.45, 2.75) is 38.8 Å². The third kappa shape index (κ3) is 1.64. The molecule has 1 aliphatic rings. The monoisotopic (exact) mass is 167 g/mol. The van der Waals surface area contributed by atoms with E-state index in [4.69, 9.17) is 4.52 Å². The molecule has 0 radical (unpaired) electrons. The first kappa shape index (κ1) is 7.73. The normalized spacial score (nSPS) is 19.5. The summed E-state index contributed by atoms with van der Waals surface area (Å²) in [6, 6.07) is 0.867. The summed E-state index contributed by atoms with van der Waals surface area (Å²) in [7, 11) is 0. The fourth-order valence-electron chi connectivity index (χ4n) is 1.16. The first-order valence-corrected chi connectivity index (χ1v) is 4.32. The Labute approximate surface area is 71.4 Å². The molecule has 0 aromatic carbocycles. The van der Waals surface area contributed by atoms with Crippen LogP contribution in [-0.4, -0.2) is 16.2 Å². The molecule has 12 heavy (non-hydrogen) atoms. The Morgan fingerprint density at radius 3 is 2.83 bits per heavy atom. The van der Waals surface area contributed by atoms with Gasteiger partial charge in [0, 0.05) is 6.04 Å². The quantitative estimate of drug-likeness (QED) is 0.734. The molecule has 4 nitrogen and oxygen atoms in total. The van der Waals surface area contributed by atoms with Crippen molar-refractivity contribution in [1.29, 1.82) is 0 Å². The van der Waals surface area contributed by atoms with Crippen LogP contribution in [0.15, 0.2) is 4.52 Å². The van der Waals surface area contributed by atoms with Crippen molar-refractivity contribution in [3.8, 4) is 0 Å². The van der Waals surface area contributed by atoms with E-state index in [0.29, 0.717) is 17.8 Å². The maximum Gasteiger partial charge on any atom is 0.243 e. The molecule has 0 bridgehead atoms. The molecule has 1 fully saturated rings. The topological polar surface area (TPSA) is 51.0 Å². The summed E-state index contributed by atoms with van der Waals surface area (Å²) in [5.41, 5.74) is 0. The second kappa shape index (κ2) is 2.86. The Balaban J connectivity index is 1.97. The molecule has 0 spiro atoms. The summed E-state index contributed by atoms with van der Waals surface area (Å²) in [4.78, 5) is 4.15. The van der Waals surface area contributed by atoms with Crippen LogP contribution in [0.5, 0.6) is 0 Å². The van der Waals surface area contributed by atoms with Gasteiger partial charge in [0.1, 0.15) is 0 Å². The summed E-state index contributed by atoms with van der Waals surface area (Å²) in [5.74, 6) is 1.40. The fraction of sp³-hybridized carbons (Fsp3) is 0.750. The van der Waals surface area contributed by atoms with Gasteiger partial charge in [-0.2, -0.15) is 4.98 Å². The molecule has 0 amide bonds. The molecule has 2 rings (SSSR count). The summed E-state index contributed by atoms with van der Waals surface area (Å²) < 4.78 is 5.03. The van der Waals surface area contributed by atoms with Gasteiger partial charge in [0.25, 0.3) is 0 Å². The second-order valence-electron chi connectivity index (χ2n) is 3.34. The van der Waals surface area contributed by atoms with Crippen molar-refractivity contribution < 1.29 is 4.52 Å². The summed E-state index contributed by atoms with van der Waals surface area (Å²) in [5, 5.41) is 7.13. The lowest BCUT2D eigenvalue weighted by molar-refractivity contribution is 0.336. The van der Waals surface area contributed by atoms with E-state index >= 15 is 0 Å².